The van der Waals surface area contributed by atoms with Gasteiger partial charge in [-0.1, -0.05) is 0 Å². The smallest absolute Gasteiger partial charge is 0.341 e. The van der Waals surface area contributed by atoms with Gasteiger partial charge >= 0.3 is 5.97 Å². The molecule has 1 aliphatic rings. The summed E-state index contributed by atoms with van der Waals surface area (Å²) in [5.74, 6) is -0.280. The van der Waals surface area contributed by atoms with Crippen molar-refractivity contribution in [2.24, 2.45) is 5.73 Å². The Morgan fingerprint density at radius 2 is 2.25 bits per heavy atom. The number of hydrogen-bond donors (Lipinski definition) is 1. The fraction of sp³-hybridized carbons (Fsp3) is 0.250. The third kappa shape index (κ3) is 1.05. The zero-order valence-electron chi connectivity index (χ0n) is 6.84. The number of nitriles is 1. The SMILES string of the molecule is CC(C#N)=C1OC(=O)C(C)=C1N. The number of hydrogen-bond acceptors (Lipinski definition) is 4. The number of esters is 1. The number of cyclic esters (lactones) is 1. The summed E-state index contributed by atoms with van der Waals surface area (Å²) in [5, 5.41) is 8.51. The molecule has 0 aliphatic carbocycles. The fourth-order valence-corrected chi connectivity index (χ4v) is 0.834. The van der Waals surface area contributed by atoms with Crippen molar-refractivity contribution < 1.29 is 9.53 Å². The van der Waals surface area contributed by atoms with Crippen molar-refractivity contribution in [3.05, 3.63) is 22.6 Å². The van der Waals surface area contributed by atoms with E-state index in [0.717, 1.165) is 0 Å². The van der Waals surface area contributed by atoms with Gasteiger partial charge in [-0.3, -0.25) is 0 Å². The van der Waals surface area contributed by atoms with Crippen LogP contribution in [0.2, 0.25) is 0 Å². The second kappa shape index (κ2) is 2.70. The molecule has 0 radical (unpaired) electrons. The molecule has 2 N–H and O–H groups in total. The van der Waals surface area contributed by atoms with Gasteiger partial charge in [-0.05, 0) is 13.8 Å². The van der Waals surface area contributed by atoms with Crippen LogP contribution in [-0.4, -0.2) is 5.97 Å². The molecule has 0 fully saturated rings. The zero-order chi connectivity index (χ0) is 9.30. The summed E-state index contributed by atoms with van der Waals surface area (Å²) in [6, 6.07) is 1.87. The molecule has 0 bridgehead atoms. The standard InChI is InChI=1S/C8H8N2O2/c1-4(3-9)7-6(10)5(2)8(11)12-7/h10H2,1-2H3. The first-order valence-electron chi connectivity index (χ1n) is 3.37. The first-order chi connectivity index (χ1) is 5.57. The summed E-state index contributed by atoms with van der Waals surface area (Å²) in [5.41, 5.74) is 6.46. The van der Waals surface area contributed by atoms with Crippen LogP contribution < -0.4 is 5.73 Å². The van der Waals surface area contributed by atoms with E-state index in [9.17, 15) is 4.79 Å². The maximum Gasteiger partial charge on any atom is 0.341 e. The van der Waals surface area contributed by atoms with Crippen molar-refractivity contribution >= 4 is 5.97 Å². The summed E-state index contributed by atoms with van der Waals surface area (Å²) >= 11 is 0. The highest BCUT2D eigenvalue weighted by atomic mass is 16.5. The molecule has 0 aromatic heterocycles. The number of ether oxygens (including phenoxy) is 1. The molecule has 4 heteroatoms. The Balaban J connectivity index is 3.21. The fourth-order valence-electron chi connectivity index (χ4n) is 0.834. The lowest BCUT2D eigenvalue weighted by Gasteiger charge is -1.97. The molecule has 0 aromatic rings. The van der Waals surface area contributed by atoms with Gasteiger partial charge in [-0.25, -0.2) is 4.79 Å². The largest absolute Gasteiger partial charge is 0.420 e. The first kappa shape index (κ1) is 8.34. The Bertz CT molecular complexity index is 345. The van der Waals surface area contributed by atoms with Crippen LogP contribution >= 0.6 is 0 Å². The number of carbonyl (C=O) groups is 1. The van der Waals surface area contributed by atoms with E-state index in [2.05, 4.69) is 0 Å². The van der Waals surface area contributed by atoms with E-state index in [-0.39, 0.29) is 11.5 Å². The Hall–Kier alpha value is -1.76. The van der Waals surface area contributed by atoms with Crippen LogP contribution in [0, 0.1) is 11.3 Å². The van der Waals surface area contributed by atoms with Crippen LogP contribution in [0.3, 0.4) is 0 Å². The van der Waals surface area contributed by atoms with Crippen molar-refractivity contribution in [2.45, 2.75) is 13.8 Å². The molecule has 1 rings (SSSR count). The van der Waals surface area contributed by atoms with E-state index < -0.39 is 5.97 Å². The van der Waals surface area contributed by atoms with E-state index in [0.29, 0.717) is 11.1 Å². The predicted octanol–water partition coefficient (Wildman–Crippen LogP) is 0.573. The molecule has 0 aromatic carbocycles. The van der Waals surface area contributed by atoms with Crippen molar-refractivity contribution in [2.75, 3.05) is 0 Å². The van der Waals surface area contributed by atoms with Crippen LogP contribution in [0.25, 0.3) is 0 Å². The summed E-state index contributed by atoms with van der Waals surface area (Å²) in [6.45, 7) is 3.11. The monoisotopic (exact) mass is 164 g/mol. The molecule has 12 heavy (non-hydrogen) atoms. The average molecular weight is 164 g/mol. The minimum Gasteiger partial charge on any atom is -0.420 e. The zero-order valence-corrected chi connectivity index (χ0v) is 6.84. The molecule has 0 atom stereocenters. The Labute approximate surface area is 69.9 Å². The summed E-state index contributed by atoms with van der Waals surface area (Å²) in [4.78, 5) is 10.9. The second-order valence-corrected chi connectivity index (χ2v) is 2.49. The van der Waals surface area contributed by atoms with Crippen LogP contribution in [0.4, 0.5) is 0 Å². The summed E-state index contributed by atoms with van der Waals surface area (Å²) in [6.07, 6.45) is 0. The van der Waals surface area contributed by atoms with E-state index in [1.165, 1.54) is 0 Å². The Kier molecular flexibility index (Phi) is 1.88. The van der Waals surface area contributed by atoms with Crippen molar-refractivity contribution in [3.8, 4) is 6.07 Å². The minimum absolute atomic E-state index is 0.194. The molecule has 0 amide bonds. The predicted molar refractivity (Wildman–Crippen MR) is 41.3 cm³/mol. The molecule has 62 valence electrons. The highest BCUT2D eigenvalue weighted by molar-refractivity contribution is 5.93. The van der Waals surface area contributed by atoms with Crippen molar-refractivity contribution in [1.29, 1.82) is 5.26 Å². The molecule has 0 saturated heterocycles. The van der Waals surface area contributed by atoms with Crippen LogP contribution in [0.15, 0.2) is 22.6 Å². The summed E-state index contributed by atoms with van der Waals surface area (Å²) in [7, 11) is 0. The topological polar surface area (TPSA) is 76.1 Å². The highest BCUT2D eigenvalue weighted by Gasteiger charge is 2.25. The third-order valence-corrected chi connectivity index (χ3v) is 1.66. The maximum atomic E-state index is 10.9. The van der Waals surface area contributed by atoms with E-state index in [4.69, 9.17) is 15.7 Å². The van der Waals surface area contributed by atoms with Gasteiger partial charge in [0.2, 0.25) is 0 Å². The number of allylic oxidation sites excluding steroid dienone is 1. The van der Waals surface area contributed by atoms with Gasteiger partial charge in [0.05, 0.1) is 22.9 Å². The molecule has 0 unspecified atom stereocenters. The van der Waals surface area contributed by atoms with Crippen molar-refractivity contribution in [1.82, 2.24) is 0 Å². The highest BCUT2D eigenvalue weighted by Crippen LogP contribution is 2.23. The van der Waals surface area contributed by atoms with Gasteiger partial charge in [0.25, 0.3) is 0 Å². The van der Waals surface area contributed by atoms with Crippen molar-refractivity contribution in [3.63, 3.8) is 0 Å². The molecule has 1 heterocycles. The average Bonchev–Trinajstić information content (AvgIpc) is 2.32. The van der Waals surface area contributed by atoms with Gasteiger partial charge in [0.1, 0.15) is 0 Å². The molecule has 0 saturated carbocycles. The van der Waals surface area contributed by atoms with Crippen LogP contribution in [0.1, 0.15) is 13.8 Å². The number of nitrogens with zero attached hydrogens (tertiary/aromatic N) is 1. The molecular formula is C8H8N2O2. The van der Waals surface area contributed by atoms with Crippen LogP contribution in [-0.2, 0) is 9.53 Å². The third-order valence-electron chi connectivity index (χ3n) is 1.66. The van der Waals surface area contributed by atoms with E-state index >= 15 is 0 Å². The first-order valence-corrected chi connectivity index (χ1v) is 3.37. The van der Waals surface area contributed by atoms with Crippen LogP contribution in [0.5, 0.6) is 0 Å². The quantitative estimate of drug-likeness (QED) is 0.419. The van der Waals surface area contributed by atoms with Gasteiger partial charge in [0.15, 0.2) is 5.76 Å². The number of nitrogens with two attached hydrogens (primary N) is 1. The minimum atomic E-state index is -0.475. The Morgan fingerprint density at radius 3 is 2.58 bits per heavy atom. The second-order valence-electron chi connectivity index (χ2n) is 2.49. The normalized spacial score (nSPS) is 20.6. The summed E-state index contributed by atoms with van der Waals surface area (Å²) < 4.78 is 4.76. The maximum absolute atomic E-state index is 10.9. The van der Waals surface area contributed by atoms with Gasteiger partial charge in [-0.2, -0.15) is 5.26 Å². The van der Waals surface area contributed by atoms with Gasteiger partial charge in [0, 0.05) is 0 Å². The van der Waals surface area contributed by atoms with Gasteiger partial charge in [-0.15, -0.1) is 0 Å². The lowest BCUT2D eigenvalue weighted by Crippen LogP contribution is -2.00. The Morgan fingerprint density at radius 1 is 1.67 bits per heavy atom. The molecule has 4 nitrogen and oxygen atoms in total. The lowest BCUT2D eigenvalue weighted by atomic mass is 10.2. The molecule has 1 aliphatic heterocycles. The number of rotatable bonds is 0. The van der Waals surface area contributed by atoms with Gasteiger partial charge < -0.3 is 10.5 Å². The van der Waals surface area contributed by atoms with E-state index in [1.54, 1.807) is 13.8 Å². The number of carbonyl (C=O) groups excluding carboxylic acids is 1. The molecule has 0 spiro atoms. The lowest BCUT2D eigenvalue weighted by molar-refractivity contribution is -0.133. The van der Waals surface area contributed by atoms with E-state index in [1.807, 2.05) is 6.07 Å². The molecular weight excluding hydrogens is 156 g/mol.